The van der Waals surface area contributed by atoms with Gasteiger partial charge in [0.2, 0.25) is 0 Å². The minimum absolute atomic E-state index is 0.0569. The highest BCUT2D eigenvalue weighted by Gasteiger charge is 2.47. The predicted molar refractivity (Wildman–Crippen MR) is 88.2 cm³/mol. The van der Waals surface area contributed by atoms with Crippen molar-refractivity contribution in [3.8, 4) is 0 Å². The second kappa shape index (κ2) is 5.64. The molecule has 1 saturated carbocycles. The average molecular weight is 319 g/mol. The summed E-state index contributed by atoms with van der Waals surface area (Å²) in [6.45, 7) is 0. The Labute approximate surface area is 136 Å². The number of hydrogen-bond donors (Lipinski definition) is 0. The number of ether oxygens (including phenoxy) is 1. The van der Waals surface area contributed by atoms with Crippen molar-refractivity contribution in [3.63, 3.8) is 0 Å². The highest BCUT2D eigenvalue weighted by molar-refractivity contribution is 7.10. The van der Waals surface area contributed by atoms with Crippen LogP contribution in [0, 0.1) is 0 Å². The number of rotatable bonds is 3. The van der Waals surface area contributed by atoms with Crippen LogP contribution in [0.1, 0.15) is 56.2 Å². The maximum absolute atomic E-state index is 13.0. The van der Waals surface area contributed by atoms with E-state index in [1.165, 1.54) is 17.7 Å². The van der Waals surface area contributed by atoms with Crippen molar-refractivity contribution in [1.82, 2.24) is 4.90 Å². The van der Waals surface area contributed by atoms with Crippen LogP contribution in [-0.4, -0.2) is 36.1 Å². The van der Waals surface area contributed by atoms with Gasteiger partial charge in [0.15, 0.2) is 0 Å². The van der Waals surface area contributed by atoms with E-state index in [-0.39, 0.29) is 17.5 Å². The lowest BCUT2D eigenvalue weighted by atomic mass is 9.84. The van der Waals surface area contributed by atoms with E-state index in [4.69, 9.17) is 4.74 Å². The van der Waals surface area contributed by atoms with Gasteiger partial charge in [-0.2, -0.15) is 0 Å². The molecule has 3 fully saturated rings. The average Bonchev–Trinajstić information content (AvgIpc) is 3.21. The van der Waals surface area contributed by atoms with Crippen LogP contribution in [0.3, 0.4) is 0 Å². The molecule has 1 aliphatic carbocycles. The van der Waals surface area contributed by atoms with Crippen LogP contribution >= 0.6 is 11.3 Å². The zero-order chi connectivity index (χ0) is 15.2. The maximum Gasteiger partial charge on any atom is 0.317 e. The number of nitrogens with zero attached hydrogens (tertiary/aromatic N) is 1. The van der Waals surface area contributed by atoms with Crippen LogP contribution in [0.25, 0.3) is 0 Å². The Hall–Kier alpha value is -0.870. The van der Waals surface area contributed by atoms with Gasteiger partial charge in [-0.15, -0.1) is 11.3 Å². The Morgan fingerprint density at radius 1 is 1.27 bits per heavy atom. The van der Waals surface area contributed by atoms with Crippen LogP contribution < -0.4 is 0 Å². The molecule has 3 nitrogen and oxygen atoms in total. The molecule has 4 heteroatoms. The van der Waals surface area contributed by atoms with Crippen LogP contribution in [0.5, 0.6) is 0 Å². The molecule has 3 aliphatic rings. The first kappa shape index (κ1) is 14.7. The monoisotopic (exact) mass is 319 g/mol. The lowest BCUT2D eigenvalue weighted by Crippen LogP contribution is -2.45. The van der Waals surface area contributed by atoms with Gasteiger partial charge in [-0.1, -0.05) is 18.9 Å². The van der Waals surface area contributed by atoms with Crippen molar-refractivity contribution in [2.75, 3.05) is 7.05 Å². The third-order valence-electron chi connectivity index (χ3n) is 6.17. The number of thiophene rings is 1. The lowest BCUT2D eigenvalue weighted by Gasteiger charge is -2.37. The Morgan fingerprint density at radius 2 is 1.95 bits per heavy atom. The SMILES string of the molecule is CN1[C@@H]2CC[C@H]1CC(OC(=O)C1(c3cccs3)CCCC1)C2. The van der Waals surface area contributed by atoms with Crippen LogP contribution in [0.4, 0.5) is 0 Å². The molecule has 1 aromatic heterocycles. The largest absolute Gasteiger partial charge is 0.462 e. The fourth-order valence-electron chi connectivity index (χ4n) is 4.80. The first-order valence-electron chi connectivity index (χ1n) is 8.66. The topological polar surface area (TPSA) is 29.5 Å². The van der Waals surface area contributed by atoms with Gasteiger partial charge in [-0.3, -0.25) is 4.79 Å². The number of esters is 1. The standard InChI is InChI=1S/C18H25NO2S/c1-19-13-6-7-14(19)12-15(11-13)21-17(20)18(8-2-3-9-18)16-5-4-10-22-16/h4-5,10,13-15H,2-3,6-9,11-12H2,1H3/t13-,14+,15?. The first-order chi connectivity index (χ1) is 10.7. The summed E-state index contributed by atoms with van der Waals surface area (Å²) < 4.78 is 6.07. The quantitative estimate of drug-likeness (QED) is 0.795. The molecular weight excluding hydrogens is 294 g/mol. The maximum atomic E-state index is 13.0. The predicted octanol–water partition coefficient (Wildman–Crippen LogP) is 3.73. The van der Waals surface area contributed by atoms with Gasteiger partial charge in [-0.25, -0.2) is 0 Å². The summed E-state index contributed by atoms with van der Waals surface area (Å²) in [4.78, 5) is 16.7. The molecule has 0 spiro atoms. The fourth-order valence-corrected chi connectivity index (χ4v) is 5.78. The van der Waals surface area contributed by atoms with Crippen LogP contribution in [0.2, 0.25) is 0 Å². The smallest absolute Gasteiger partial charge is 0.317 e. The summed E-state index contributed by atoms with van der Waals surface area (Å²) >= 11 is 1.71. The van der Waals surface area contributed by atoms with E-state index in [9.17, 15) is 4.79 Å². The van der Waals surface area contributed by atoms with Crippen LogP contribution in [-0.2, 0) is 14.9 Å². The molecular formula is C18H25NO2S. The Bertz CT molecular complexity index is 521. The van der Waals surface area contributed by atoms with Gasteiger partial charge >= 0.3 is 5.97 Å². The second-order valence-electron chi connectivity index (χ2n) is 7.32. The van der Waals surface area contributed by atoms with Gasteiger partial charge in [-0.05, 0) is 57.0 Å². The summed E-state index contributed by atoms with van der Waals surface area (Å²) in [6, 6.07) is 5.43. The van der Waals surface area contributed by atoms with Gasteiger partial charge in [0.05, 0.1) is 0 Å². The number of piperidine rings is 1. The third-order valence-corrected chi connectivity index (χ3v) is 7.24. The van der Waals surface area contributed by atoms with Crippen molar-refractivity contribution in [3.05, 3.63) is 22.4 Å². The summed E-state index contributed by atoms with van der Waals surface area (Å²) in [6.07, 6.45) is 8.95. The van der Waals surface area contributed by atoms with E-state index in [0.29, 0.717) is 12.1 Å². The normalized spacial score (nSPS) is 34.0. The minimum atomic E-state index is -0.337. The Balaban J connectivity index is 1.49. The Morgan fingerprint density at radius 3 is 2.55 bits per heavy atom. The van der Waals surface area contributed by atoms with Gasteiger partial charge in [0, 0.05) is 17.0 Å². The molecule has 3 heterocycles. The molecule has 0 radical (unpaired) electrons. The van der Waals surface area contributed by atoms with Gasteiger partial charge in [0.1, 0.15) is 11.5 Å². The molecule has 120 valence electrons. The molecule has 22 heavy (non-hydrogen) atoms. The number of carbonyl (C=O) groups is 1. The highest BCUT2D eigenvalue weighted by Crippen LogP contribution is 2.45. The van der Waals surface area contributed by atoms with E-state index in [2.05, 4.69) is 29.5 Å². The zero-order valence-corrected chi connectivity index (χ0v) is 14.1. The van der Waals surface area contributed by atoms with Gasteiger partial charge < -0.3 is 9.64 Å². The zero-order valence-electron chi connectivity index (χ0n) is 13.3. The minimum Gasteiger partial charge on any atom is -0.462 e. The van der Waals surface area contributed by atoms with Crippen molar-refractivity contribution < 1.29 is 9.53 Å². The van der Waals surface area contributed by atoms with Crippen LogP contribution in [0.15, 0.2) is 17.5 Å². The highest BCUT2D eigenvalue weighted by atomic mass is 32.1. The molecule has 1 unspecified atom stereocenters. The molecule has 1 aromatic rings. The third kappa shape index (κ3) is 2.31. The van der Waals surface area contributed by atoms with Crippen molar-refractivity contribution in [2.45, 2.75) is 75.0 Å². The first-order valence-corrected chi connectivity index (χ1v) is 9.54. The second-order valence-corrected chi connectivity index (χ2v) is 8.26. The number of fused-ring (bicyclic) bond motifs is 2. The lowest BCUT2D eigenvalue weighted by molar-refractivity contribution is -0.159. The molecule has 0 N–H and O–H groups in total. The molecule has 2 bridgehead atoms. The molecule has 2 aliphatic heterocycles. The fraction of sp³-hybridized carbons (Fsp3) is 0.722. The van der Waals surface area contributed by atoms with E-state index in [0.717, 1.165) is 38.5 Å². The number of hydrogen-bond acceptors (Lipinski definition) is 4. The summed E-state index contributed by atoms with van der Waals surface area (Å²) in [5, 5.41) is 2.08. The van der Waals surface area contributed by atoms with E-state index in [1.807, 2.05) is 0 Å². The Kier molecular flexibility index (Phi) is 3.77. The number of carbonyl (C=O) groups excluding carboxylic acids is 1. The van der Waals surface area contributed by atoms with Crippen molar-refractivity contribution in [1.29, 1.82) is 0 Å². The summed E-state index contributed by atoms with van der Waals surface area (Å²) in [7, 11) is 2.23. The van der Waals surface area contributed by atoms with E-state index >= 15 is 0 Å². The summed E-state index contributed by atoms with van der Waals surface area (Å²) in [5.41, 5.74) is -0.337. The molecule has 4 rings (SSSR count). The molecule has 2 saturated heterocycles. The molecule has 0 aromatic carbocycles. The van der Waals surface area contributed by atoms with Crippen molar-refractivity contribution >= 4 is 17.3 Å². The molecule has 3 atom stereocenters. The van der Waals surface area contributed by atoms with Gasteiger partial charge in [0.25, 0.3) is 0 Å². The molecule has 0 amide bonds. The van der Waals surface area contributed by atoms with Crippen molar-refractivity contribution in [2.24, 2.45) is 0 Å². The summed E-state index contributed by atoms with van der Waals surface area (Å²) in [5.74, 6) is 0.0569. The van der Waals surface area contributed by atoms with E-state index < -0.39 is 0 Å². The van der Waals surface area contributed by atoms with E-state index in [1.54, 1.807) is 11.3 Å².